The predicted octanol–water partition coefficient (Wildman–Crippen LogP) is 5.42. The average molecular weight is 480 g/mol. The van der Waals surface area contributed by atoms with Crippen molar-refractivity contribution < 1.29 is 22.4 Å². The van der Waals surface area contributed by atoms with Crippen molar-refractivity contribution in [3.05, 3.63) is 89.8 Å². The number of carbonyl (C=O) groups is 1. The first-order valence-electron chi connectivity index (χ1n) is 11.2. The Morgan fingerprint density at radius 2 is 1.60 bits per heavy atom. The molecule has 6 nitrogen and oxygen atoms in total. The lowest BCUT2D eigenvalue weighted by atomic mass is 10.1. The van der Waals surface area contributed by atoms with Crippen LogP contribution < -0.4 is 4.90 Å². The van der Waals surface area contributed by atoms with E-state index in [1.807, 2.05) is 54.3 Å². The van der Waals surface area contributed by atoms with E-state index in [2.05, 4.69) is 5.10 Å². The van der Waals surface area contributed by atoms with Crippen molar-refractivity contribution in [2.75, 3.05) is 31.1 Å². The lowest BCUT2D eigenvalue weighted by Crippen LogP contribution is -2.49. The maximum absolute atomic E-state index is 13.5. The fourth-order valence-electron chi connectivity index (χ4n) is 4.20. The highest BCUT2D eigenvalue weighted by Crippen LogP contribution is 2.32. The lowest BCUT2D eigenvalue weighted by Gasteiger charge is -2.36. The standard InChI is InChI=1S/C26H23F3N4O2/c1-18-10-11-24(35-18)22-17-23(33(30-22)20-7-3-2-4-8-20)25(34)32-14-12-31(13-15-32)21-9-5-6-19(16-21)26(27,28)29/h2-11,16-17H,12-15H2,1H3. The first kappa shape index (κ1) is 22.8. The summed E-state index contributed by atoms with van der Waals surface area (Å²) in [5, 5.41) is 4.63. The van der Waals surface area contributed by atoms with Crippen molar-refractivity contribution in [1.82, 2.24) is 14.7 Å². The number of aryl methyl sites for hydroxylation is 1. The van der Waals surface area contributed by atoms with Crippen LogP contribution in [0.25, 0.3) is 17.1 Å². The highest BCUT2D eigenvalue weighted by atomic mass is 19.4. The van der Waals surface area contributed by atoms with Gasteiger partial charge < -0.3 is 14.2 Å². The van der Waals surface area contributed by atoms with E-state index < -0.39 is 11.7 Å². The number of piperazine rings is 1. The number of alkyl halides is 3. The van der Waals surface area contributed by atoms with E-state index in [9.17, 15) is 18.0 Å². The van der Waals surface area contributed by atoms with Crippen LogP contribution in [0.15, 0.2) is 77.2 Å². The van der Waals surface area contributed by atoms with Crippen LogP contribution >= 0.6 is 0 Å². The molecule has 1 aliphatic heterocycles. The van der Waals surface area contributed by atoms with E-state index >= 15 is 0 Å². The SMILES string of the molecule is Cc1ccc(-c2cc(C(=O)N3CCN(c4cccc(C(F)(F)F)c4)CC3)n(-c3ccccc3)n2)o1. The summed E-state index contributed by atoms with van der Waals surface area (Å²) in [7, 11) is 0. The van der Waals surface area contributed by atoms with Gasteiger partial charge in [0.25, 0.3) is 5.91 Å². The van der Waals surface area contributed by atoms with Crippen molar-refractivity contribution in [3.63, 3.8) is 0 Å². The predicted molar refractivity (Wildman–Crippen MR) is 126 cm³/mol. The molecule has 0 unspecified atom stereocenters. The van der Waals surface area contributed by atoms with Crippen LogP contribution in [-0.2, 0) is 6.18 Å². The molecule has 2 aromatic carbocycles. The molecule has 0 aliphatic carbocycles. The van der Waals surface area contributed by atoms with Crippen LogP contribution in [0.2, 0.25) is 0 Å². The minimum Gasteiger partial charge on any atom is -0.460 e. The average Bonchev–Trinajstić information content (AvgIpc) is 3.50. The maximum Gasteiger partial charge on any atom is 0.416 e. The maximum atomic E-state index is 13.5. The number of benzene rings is 2. The molecule has 1 aliphatic rings. The van der Waals surface area contributed by atoms with Crippen LogP contribution in [0, 0.1) is 6.92 Å². The summed E-state index contributed by atoms with van der Waals surface area (Å²) in [6, 6.07) is 20.0. The number of halogens is 3. The molecule has 0 N–H and O–H groups in total. The number of amides is 1. The Morgan fingerprint density at radius 3 is 2.26 bits per heavy atom. The fourth-order valence-corrected chi connectivity index (χ4v) is 4.20. The molecule has 2 aromatic heterocycles. The van der Waals surface area contributed by atoms with Crippen molar-refractivity contribution in [2.45, 2.75) is 13.1 Å². The number of nitrogens with zero attached hydrogens (tertiary/aromatic N) is 4. The van der Waals surface area contributed by atoms with Gasteiger partial charge in [0.2, 0.25) is 0 Å². The van der Waals surface area contributed by atoms with Gasteiger partial charge in [0, 0.05) is 37.9 Å². The zero-order valence-electron chi connectivity index (χ0n) is 19.0. The van der Waals surface area contributed by atoms with Crippen molar-refractivity contribution in [3.8, 4) is 17.1 Å². The second-order valence-electron chi connectivity index (χ2n) is 8.40. The number of hydrogen-bond donors (Lipinski definition) is 0. The van der Waals surface area contributed by atoms with Gasteiger partial charge in [-0.3, -0.25) is 4.79 Å². The van der Waals surface area contributed by atoms with E-state index in [-0.39, 0.29) is 5.91 Å². The quantitative estimate of drug-likeness (QED) is 0.391. The molecule has 1 saturated heterocycles. The molecule has 0 radical (unpaired) electrons. The summed E-state index contributed by atoms with van der Waals surface area (Å²) >= 11 is 0. The molecule has 4 aromatic rings. The van der Waals surface area contributed by atoms with Crippen molar-refractivity contribution in [2.24, 2.45) is 0 Å². The molecule has 35 heavy (non-hydrogen) atoms. The Kier molecular flexibility index (Phi) is 5.84. The number of para-hydroxylation sites is 1. The van der Waals surface area contributed by atoms with E-state index in [1.165, 1.54) is 6.07 Å². The number of aromatic nitrogens is 2. The van der Waals surface area contributed by atoms with E-state index in [4.69, 9.17) is 4.42 Å². The topological polar surface area (TPSA) is 54.5 Å². The molecule has 1 fully saturated rings. The normalized spacial score (nSPS) is 14.4. The van der Waals surface area contributed by atoms with Gasteiger partial charge in [0.15, 0.2) is 5.76 Å². The Bertz CT molecular complexity index is 1340. The minimum absolute atomic E-state index is 0.195. The van der Waals surface area contributed by atoms with Gasteiger partial charge in [-0.1, -0.05) is 24.3 Å². The Hall–Kier alpha value is -4.01. The lowest BCUT2D eigenvalue weighted by molar-refractivity contribution is -0.137. The van der Waals surface area contributed by atoms with E-state index in [0.717, 1.165) is 23.6 Å². The molecule has 3 heterocycles. The number of anilines is 1. The van der Waals surface area contributed by atoms with Gasteiger partial charge in [-0.25, -0.2) is 4.68 Å². The molecule has 0 spiro atoms. The molecule has 5 rings (SSSR count). The van der Waals surface area contributed by atoms with E-state index in [1.54, 1.807) is 21.7 Å². The summed E-state index contributed by atoms with van der Waals surface area (Å²) in [6.45, 7) is 3.45. The molecular formula is C26H23F3N4O2. The first-order chi connectivity index (χ1) is 16.8. The monoisotopic (exact) mass is 480 g/mol. The Labute approximate surface area is 200 Å². The molecular weight excluding hydrogens is 457 g/mol. The molecule has 0 atom stereocenters. The summed E-state index contributed by atoms with van der Waals surface area (Å²) < 4.78 is 46.6. The van der Waals surface area contributed by atoms with Gasteiger partial charge in [-0.2, -0.15) is 18.3 Å². The molecule has 0 bridgehead atoms. The van der Waals surface area contributed by atoms with Gasteiger partial charge in [-0.15, -0.1) is 0 Å². The third-order valence-corrected chi connectivity index (χ3v) is 6.03. The summed E-state index contributed by atoms with van der Waals surface area (Å²) in [4.78, 5) is 17.1. The molecule has 1 amide bonds. The fraction of sp³-hybridized carbons (Fsp3) is 0.231. The zero-order chi connectivity index (χ0) is 24.6. The van der Waals surface area contributed by atoms with Crippen LogP contribution in [0.1, 0.15) is 21.8 Å². The van der Waals surface area contributed by atoms with Gasteiger partial charge >= 0.3 is 6.18 Å². The minimum atomic E-state index is -4.39. The number of hydrogen-bond acceptors (Lipinski definition) is 4. The Morgan fingerprint density at radius 1 is 0.886 bits per heavy atom. The van der Waals surface area contributed by atoms with Crippen molar-refractivity contribution >= 4 is 11.6 Å². The third-order valence-electron chi connectivity index (χ3n) is 6.03. The molecule has 9 heteroatoms. The number of carbonyl (C=O) groups excluding carboxylic acids is 1. The highest BCUT2D eigenvalue weighted by Gasteiger charge is 2.32. The van der Waals surface area contributed by atoms with Gasteiger partial charge in [0.05, 0.1) is 11.3 Å². The molecule has 180 valence electrons. The smallest absolute Gasteiger partial charge is 0.416 e. The van der Waals surface area contributed by atoms with Crippen LogP contribution in [-0.4, -0.2) is 46.8 Å². The van der Waals surface area contributed by atoms with Crippen molar-refractivity contribution in [1.29, 1.82) is 0 Å². The van der Waals surface area contributed by atoms with Gasteiger partial charge in [-0.05, 0) is 49.4 Å². The van der Waals surface area contributed by atoms with Gasteiger partial charge in [0.1, 0.15) is 17.1 Å². The van der Waals surface area contributed by atoms with Crippen LogP contribution in [0.4, 0.5) is 18.9 Å². The summed E-state index contributed by atoms with van der Waals surface area (Å²) in [5.74, 6) is 1.12. The van der Waals surface area contributed by atoms with Crippen LogP contribution in [0.5, 0.6) is 0 Å². The Balaban J connectivity index is 1.38. The second-order valence-corrected chi connectivity index (χ2v) is 8.40. The highest BCUT2D eigenvalue weighted by molar-refractivity contribution is 5.94. The van der Waals surface area contributed by atoms with Crippen LogP contribution in [0.3, 0.4) is 0 Å². The largest absolute Gasteiger partial charge is 0.460 e. The number of rotatable bonds is 4. The summed E-state index contributed by atoms with van der Waals surface area (Å²) in [5.41, 5.74) is 1.51. The first-order valence-corrected chi connectivity index (χ1v) is 11.2. The zero-order valence-corrected chi connectivity index (χ0v) is 19.0. The molecule has 0 saturated carbocycles. The third kappa shape index (κ3) is 4.66. The van der Waals surface area contributed by atoms with E-state index in [0.29, 0.717) is 49.0 Å². The summed E-state index contributed by atoms with van der Waals surface area (Å²) in [6.07, 6.45) is -4.39. The second kappa shape index (κ2) is 8.98. The number of furan rings is 1.